The fourth-order valence-electron chi connectivity index (χ4n) is 3.85. The molecule has 8 nitrogen and oxygen atoms in total. The van der Waals surface area contributed by atoms with Gasteiger partial charge in [-0.2, -0.15) is 0 Å². The molecule has 0 bridgehead atoms. The van der Waals surface area contributed by atoms with E-state index in [1.807, 2.05) is 6.07 Å². The van der Waals surface area contributed by atoms with Crippen LogP contribution in [0.15, 0.2) is 42.5 Å². The van der Waals surface area contributed by atoms with E-state index < -0.39 is 29.5 Å². The highest BCUT2D eigenvalue weighted by Crippen LogP contribution is 2.40. The van der Waals surface area contributed by atoms with Gasteiger partial charge in [0.05, 0.1) is 32.4 Å². The summed E-state index contributed by atoms with van der Waals surface area (Å²) in [5, 5.41) is 5.37. The lowest BCUT2D eigenvalue weighted by Crippen LogP contribution is -2.31. The molecule has 1 aliphatic rings. The minimum absolute atomic E-state index is 0.105. The molecular weight excluding hydrogens is 475 g/mol. The summed E-state index contributed by atoms with van der Waals surface area (Å²) in [4.78, 5) is 39.0. The number of benzene rings is 2. The van der Waals surface area contributed by atoms with Crippen LogP contribution >= 0.6 is 11.3 Å². The highest BCUT2D eigenvalue weighted by atomic mass is 32.1. The van der Waals surface area contributed by atoms with Crippen molar-refractivity contribution >= 4 is 40.5 Å². The molecule has 35 heavy (non-hydrogen) atoms. The van der Waals surface area contributed by atoms with E-state index in [1.165, 1.54) is 32.4 Å². The Labute approximate surface area is 205 Å². The normalized spacial score (nSPS) is 14.5. The van der Waals surface area contributed by atoms with E-state index in [4.69, 9.17) is 14.2 Å². The van der Waals surface area contributed by atoms with Crippen molar-refractivity contribution in [1.29, 1.82) is 0 Å². The summed E-state index contributed by atoms with van der Waals surface area (Å²) in [6, 6.07) is 10.9. The molecule has 0 radical (unpaired) electrons. The third kappa shape index (κ3) is 4.97. The van der Waals surface area contributed by atoms with Crippen LogP contribution in [0.25, 0.3) is 10.4 Å². The molecular formula is C25H23FN2O6S. The van der Waals surface area contributed by atoms with Gasteiger partial charge in [0.2, 0.25) is 11.8 Å². The quantitative estimate of drug-likeness (QED) is 0.453. The molecule has 0 fully saturated rings. The summed E-state index contributed by atoms with van der Waals surface area (Å²) in [6.07, 6.45) is -0.105. The summed E-state index contributed by atoms with van der Waals surface area (Å²) in [5.74, 6) is -1.77. The molecule has 1 atom stereocenters. The summed E-state index contributed by atoms with van der Waals surface area (Å²) < 4.78 is 29.5. The standard InChI is InChI=1S/C25H23FN2O6S/c1-4-34-25(31)23-18(12-21(35-23)13-5-8-19(32-2)20(9-13)33-3)28-24(30)16-11-22(29)27-17-10-14(26)6-7-15(16)17/h5-10,12,16H,4,11H2,1-3H3,(H,27,29)(H,28,30). The topological polar surface area (TPSA) is 103 Å². The second-order valence-electron chi connectivity index (χ2n) is 7.67. The third-order valence-electron chi connectivity index (χ3n) is 5.49. The Hall–Kier alpha value is -3.92. The second kappa shape index (κ2) is 10.1. The predicted octanol–water partition coefficient (Wildman–Crippen LogP) is 4.81. The number of thiophene rings is 1. The molecule has 0 saturated heterocycles. The minimum atomic E-state index is -0.848. The first-order valence-corrected chi connectivity index (χ1v) is 11.6. The van der Waals surface area contributed by atoms with Gasteiger partial charge in [0, 0.05) is 17.0 Å². The number of hydrogen-bond acceptors (Lipinski definition) is 7. The first-order chi connectivity index (χ1) is 16.8. The van der Waals surface area contributed by atoms with Gasteiger partial charge in [0.25, 0.3) is 0 Å². The van der Waals surface area contributed by atoms with E-state index in [0.717, 1.165) is 16.9 Å². The zero-order valence-electron chi connectivity index (χ0n) is 19.3. The van der Waals surface area contributed by atoms with Crippen LogP contribution in [0.2, 0.25) is 0 Å². The number of anilines is 2. The summed E-state index contributed by atoms with van der Waals surface area (Å²) in [7, 11) is 3.06. The van der Waals surface area contributed by atoms with Crippen LogP contribution in [0.4, 0.5) is 15.8 Å². The van der Waals surface area contributed by atoms with Crippen molar-refractivity contribution in [1.82, 2.24) is 0 Å². The number of carbonyl (C=O) groups excluding carboxylic acids is 3. The van der Waals surface area contributed by atoms with E-state index in [2.05, 4.69) is 10.6 Å². The molecule has 182 valence electrons. The van der Waals surface area contributed by atoms with Gasteiger partial charge in [-0.05, 0) is 54.4 Å². The first kappa shape index (κ1) is 24.2. The number of nitrogens with one attached hydrogen (secondary N) is 2. The van der Waals surface area contributed by atoms with E-state index in [9.17, 15) is 18.8 Å². The molecule has 0 aliphatic carbocycles. The van der Waals surface area contributed by atoms with Gasteiger partial charge < -0.3 is 24.8 Å². The second-order valence-corrected chi connectivity index (χ2v) is 8.72. The van der Waals surface area contributed by atoms with Gasteiger partial charge in [-0.15, -0.1) is 11.3 Å². The number of ether oxygens (including phenoxy) is 3. The molecule has 2 aromatic carbocycles. The molecule has 2 N–H and O–H groups in total. The van der Waals surface area contributed by atoms with Gasteiger partial charge >= 0.3 is 5.97 Å². The average molecular weight is 499 g/mol. The van der Waals surface area contributed by atoms with Gasteiger partial charge in [0.1, 0.15) is 10.7 Å². The zero-order chi connectivity index (χ0) is 25.1. The molecule has 4 rings (SSSR count). The van der Waals surface area contributed by atoms with Crippen LogP contribution in [-0.4, -0.2) is 38.6 Å². The van der Waals surface area contributed by atoms with Crippen LogP contribution < -0.4 is 20.1 Å². The van der Waals surface area contributed by atoms with Crippen molar-refractivity contribution in [2.75, 3.05) is 31.5 Å². The number of rotatable bonds is 7. The number of esters is 1. The molecule has 1 aromatic heterocycles. The molecule has 0 saturated carbocycles. The highest BCUT2D eigenvalue weighted by Gasteiger charge is 2.32. The zero-order valence-corrected chi connectivity index (χ0v) is 20.1. The van der Waals surface area contributed by atoms with Crippen molar-refractivity contribution < 1.29 is 33.0 Å². The Bertz CT molecular complexity index is 1310. The van der Waals surface area contributed by atoms with E-state index >= 15 is 0 Å². The predicted molar refractivity (Wildman–Crippen MR) is 130 cm³/mol. The largest absolute Gasteiger partial charge is 0.493 e. The maximum absolute atomic E-state index is 13.7. The van der Waals surface area contributed by atoms with Crippen molar-refractivity contribution in [2.24, 2.45) is 0 Å². The molecule has 3 aromatic rings. The van der Waals surface area contributed by atoms with Crippen molar-refractivity contribution in [3.05, 3.63) is 58.7 Å². The number of carbonyl (C=O) groups is 3. The molecule has 1 aliphatic heterocycles. The lowest BCUT2D eigenvalue weighted by Gasteiger charge is -2.24. The maximum Gasteiger partial charge on any atom is 0.350 e. The Morgan fingerprint density at radius 3 is 2.60 bits per heavy atom. The third-order valence-corrected chi connectivity index (χ3v) is 6.65. The summed E-state index contributed by atoms with van der Waals surface area (Å²) >= 11 is 1.16. The highest BCUT2D eigenvalue weighted by molar-refractivity contribution is 7.18. The molecule has 1 unspecified atom stereocenters. The minimum Gasteiger partial charge on any atom is -0.493 e. The number of hydrogen-bond donors (Lipinski definition) is 2. The van der Waals surface area contributed by atoms with Gasteiger partial charge in [-0.1, -0.05) is 6.07 Å². The van der Waals surface area contributed by atoms with Crippen LogP contribution in [0.3, 0.4) is 0 Å². The lowest BCUT2D eigenvalue weighted by molar-refractivity contribution is -0.123. The Morgan fingerprint density at radius 1 is 1.11 bits per heavy atom. The van der Waals surface area contributed by atoms with E-state index in [0.29, 0.717) is 21.9 Å². The summed E-state index contributed by atoms with van der Waals surface area (Å²) in [6.45, 7) is 1.85. The van der Waals surface area contributed by atoms with Crippen LogP contribution in [0.1, 0.15) is 34.5 Å². The SMILES string of the molecule is CCOC(=O)c1sc(-c2ccc(OC)c(OC)c2)cc1NC(=O)C1CC(=O)Nc2cc(F)ccc21. The number of halogens is 1. The Kier molecular flexibility index (Phi) is 7.02. The van der Waals surface area contributed by atoms with Crippen LogP contribution in [0, 0.1) is 5.82 Å². The van der Waals surface area contributed by atoms with E-state index in [-0.39, 0.29) is 29.3 Å². The fraction of sp³-hybridized carbons (Fsp3) is 0.240. The molecule has 0 spiro atoms. The molecule has 2 amide bonds. The lowest BCUT2D eigenvalue weighted by atomic mass is 9.89. The monoisotopic (exact) mass is 498 g/mol. The number of amides is 2. The Balaban J connectivity index is 1.69. The van der Waals surface area contributed by atoms with Crippen LogP contribution in [-0.2, 0) is 14.3 Å². The van der Waals surface area contributed by atoms with Gasteiger partial charge in [-0.3, -0.25) is 9.59 Å². The molecule has 2 heterocycles. The van der Waals surface area contributed by atoms with Gasteiger partial charge in [-0.25, -0.2) is 9.18 Å². The first-order valence-electron chi connectivity index (χ1n) is 10.8. The number of methoxy groups -OCH3 is 2. The van der Waals surface area contributed by atoms with E-state index in [1.54, 1.807) is 25.1 Å². The molecule has 10 heteroatoms. The maximum atomic E-state index is 13.7. The average Bonchev–Trinajstić information content (AvgIpc) is 3.26. The summed E-state index contributed by atoms with van der Waals surface area (Å²) in [5.41, 5.74) is 1.76. The van der Waals surface area contributed by atoms with Crippen molar-refractivity contribution in [2.45, 2.75) is 19.3 Å². The smallest absolute Gasteiger partial charge is 0.350 e. The van der Waals surface area contributed by atoms with Gasteiger partial charge in [0.15, 0.2) is 11.5 Å². The Morgan fingerprint density at radius 2 is 1.89 bits per heavy atom. The fourth-order valence-corrected chi connectivity index (χ4v) is 4.86. The van der Waals surface area contributed by atoms with Crippen molar-refractivity contribution in [3.8, 4) is 21.9 Å². The van der Waals surface area contributed by atoms with Crippen molar-refractivity contribution in [3.63, 3.8) is 0 Å². The van der Waals surface area contributed by atoms with Crippen LogP contribution in [0.5, 0.6) is 11.5 Å². The number of fused-ring (bicyclic) bond motifs is 1.